The van der Waals surface area contributed by atoms with Gasteiger partial charge >= 0.3 is 11.9 Å². The molecule has 0 amide bonds. The van der Waals surface area contributed by atoms with Crippen molar-refractivity contribution in [3.8, 4) is 11.5 Å². The summed E-state index contributed by atoms with van der Waals surface area (Å²) in [6, 6.07) is 10.3. The maximum atomic E-state index is 13.5. The molecule has 0 heterocycles. The van der Waals surface area contributed by atoms with Crippen LogP contribution in [0, 0.1) is 5.82 Å². The fourth-order valence-corrected chi connectivity index (χ4v) is 2.03. The lowest BCUT2D eigenvalue weighted by molar-refractivity contribution is -0.140. The number of hydrogen-bond donors (Lipinski definition) is 0. The Morgan fingerprint density at radius 3 is 2.13 bits per heavy atom. The number of esters is 2. The van der Waals surface area contributed by atoms with Gasteiger partial charge in [0.15, 0.2) is 11.6 Å². The minimum atomic E-state index is -0.798. The smallest absolute Gasteiger partial charge is 0.311 e. The molecule has 0 unspecified atom stereocenters. The fraction of sp³-hybridized carbons (Fsp3) is 0.125. The monoisotopic (exact) mass is 356 g/mol. The van der Waals surface area contributed by atoms with E-state index in [0.717, 1.165) is 6.07 Å². The predicted octanol–water partition coefficient (Wildman–Crippen LogP) is 4.42. The highest BCUT2D eigenvalue weighted by molar-refractivity contribution is 6.32. The molecule has 0 atom stereocenters. The van der Waals surface area contributed by atoms with Gasteiger partial charge in [-0.3, -0.25) is 9.59 Å². The minimum Gasteiger partial charge on any atom is -0.425 e. The largest absolute Gasteiger partial charge is 0.425 e. The van der Waals surface area contributed by atoms with Crippen molar-refractivity contribution in [1.82, 2.24) is 0 Å². The zero-order chi connectivity index (χ0) is 16.8. The molecule has 0 radical (unpaired) electrons. The van der Waals surface area contributed by atoms with Gasteiger partial charge in [0.25, 0.3) is 0 Å². The van der Waals surface area contributed by atoms with Crippen molar-refractivity contribution < 1.29 is 23.5 Å². The quantitative estimate of drug-likeness (QED) is 0.587. The van der Waals surface area contributed by atoms with Gasteiger partial charge in [-0.05, 0) is 24.3 Å². The summed E-state index contributed by atoms with van der Waals surface area (Å²) in [4.78, 5) is 23.3. The highest BCUT2D eigenvalue weighted by Crippen LogP contribution is 2.28. The first-order valence-electron chi connectivity index (χ1n) is 6.57. The van der Waals surface area contributed by atoms with Crippen molar-refractivity contribution in [2.24, 2.45) is 0 Å². The number of para-hydroxylation sites is 2. The first-order valence-corrected chi connectivity index (χ1v) is 7.33. The maximum absolute atomic E-state index is 13.5. The van der Waals surface area contributed by atoms with Crippen molar-refractivity contribution in [3.63, 3.8) is 0 Å². The summed E-state index contributed by atoms with van der Waals surface area (Å²) in [6.07, 6.45) is -0.524. The Morgan fingerprint density at radius 1 is 0.870 bits per heavy atom. The van der Waals surface area contributed by atoms with Crippen molar-refractivity contribution in [3.05, 3.63) is 58.3 Å². The van der Waals surface area contributed by atoms with Crippen molar-refractivity contribution in [1.29, 1.82) is 0 Å². The third-order valence-electron chi connectivity index (χ3n) is 2.73. The Bertz CT molecular complexity index is 714. The van der Waals surface area contributed by atoms with E-state index < -0.39 is 17.8 Å². The molecule has 0 fully saturated rings. The second kappa shape index (κ2) is 7.94. The molecule has 4 nitrogen and oxygen atoms in total. The lowest BCUT2D eigenvalue weighted by Gasteiger charge is -2.08. The van der Waals surface area contributed by atoms with Gasteiger partial charge < -0.3 is 9.47 Å². The van der Waals surface area contributed by atoms with Crippen molar-refractivity contribution >= 4 is 35.1 Å². The summed E-state index contributed by atoms with van der Waals surface area (Å²) in [5.74, 6) is -2.38. The van der Waals surface area contributed by atoms with Crippen molar-refractivity contribution in [2.75, 3.05) is 0 Å². The number of halogens is 3. The summed E-state index contributed by atoms with van der Waals surface area (Å²) in [7, 11) is 0. The lowest BCUT2D eigenvalue weighted by Crippen LogP contribution is -2.14. The van der Waals surface area contributed by atoms with Crippen LogP contribution in [0.4, 0.5) is 4.39 Å². The first kappa shape index (κ1) is 17.2. The van der Waals surface area contributed by atoms with Crippen LogP contribution in [0.2, 0.25) is 10.0 Å². The Hall–Kier alpha value is -2.11. The lowest BCUT2D eigenvalue weighted by atomic mass is 10.3. The standard InChI is InChI=1S/C16H11Cl2FO4/c17-10-4-1-2-7-13(10)22-14(20)8-9-15(21)23-16-11(18)5-3-6-12(16)19/h1-7H,8-9H2. The van der Waals surface area contributed by atoms with Crippen LogP contribution in [0.25, 0.3) is 0 Å². The minimum absolute atomic E-state index is 0.0306. The third-order valence-corrected chi connectivity index (χ3v) is 3.34. The van der Waals surface area contributed by atoms with Crippen LogP contribution in [0.5, 0.6) is 11.5 Å². The van der Waals surface area contributed by atoms with E-state index in [1.54, 1.807) is 18.2 Å². The Labute approximate surface area is 141 Å². The highest BCUT2D eigenvalue weighted by atomic mass is 35.5. The van der Waals surface area contributed by atoms with Gasteiger partial charge in [0.05, 0.1) is 22.9 Å². The van der Waals surface area contributed by atoms with Gasteiger partial charge in [-0.25, -0.2) is 4.39 Å². The Kier molecular flexibility index (Phi) is 5.96. The third kappa shape index (κ3) is 4.94. The number of hydrogen-bond acceptors (Lipinski definition) is 4. The molecule has 0 bridgehead atoms. The molecular weight excluding hydrogens is 346 g/mol. The van der Waals surface area contributed by atoms with Gasteiger partial charge in [0.1, 0.15) is 5.75 Å². The number of carbonyl (C=O) groups excluding carboxylic acids is 2. The summed E-state index contributed by atoms with van der Waals surface area (Å²) >= 11 is 11.6. The molecule has 2 aromatic rings. The van der Waals surface area contributed by atoms with Gasteiger partial charge in [0, 0.05) is 0 Å². The molecule has 0 aliphatic heterocycles. The van der Waals surface area contributed by atoms with Crippen LogP contribution in [0.1, 0.15) is 12.8 Å². The first-order chi connectivity index (χ1) is 11.0. The second-order valence-electron chi connectivity index (χ2n) is 4.43. The summed E-state index contributed by atoms with van der Waals surface area (Å²) in [5, 5.41) is 0.249. The van der Waals surface area contributed by atoms with Crippen LogP contribution in [-0.2, 0) is 9.59 Å². The van der Waals surface area contributed by atoms with Gasteiger partial charge in [-0.1, -0.05) is 41.4 Å². The summed E-state index contributed by atoms with van der Waals surface area (Å²) in [6.45, 7) is 0. The van der Waals surface area contributed by atoms with E-state index in [1.807, 2.05) is 0 Å². The summed E-state index contributed by atoms with van der Waals surface area (Å²) < 4.78 is 23.3. The summed E-state index contributed by atoms with van der Waals surface area (Å²) in [5.41, 5.74) is 0. The van der Waals surface area contributed by atoms with Crippen molar-refractivity contribution in [2.45, 2.75) is 12.8 Å². The van der Waals surface area contributed by atoms with E-state index >= 15 is 0 Å². The number of ether oxygens (including phenoxy) is 2. The van der Waals surface area contributed by atoms with Crippen LogP contribution in [0.15, 0.2) is 42.5 Å². The molecule has 0 N–H and O–H groups in total. The molecule has 23 heavy (non-hydrogen) atoms. The number of benzene rings is 2. The van der Waals surface area contributed by atoms with Crippen LogP contribution >= 0.6 is 23.2 Å². The SMILES string of the molecule is O=C(CCC(=O)Oc1c(F)cccc1Cl)Oc1ccccc1Cl. The van der Waals surface area contributed by atoms with Crippen LogP contribution in [0.3, 0.4) is 0 Å². The average molecular weight is 357 g/mol. The highest BCUT2D eigenvalue weighted by Gasteiger charge is 2.16. The molecule has 0 spiro atoms. The zero-order valence-electron chi connectivity index (χ0n) is 11.7. The van der Waals surface area contributed by atoms with E-state index in [9.17, 15) is 14.0 Å². The topological polar surface area (TPSA) is 52.6 Å². The molecule has 0 aromatic heterocycles. The van der Waals surface area contributed by atoms with E-state index in [-0.39, 0.29) is 34.4 Å². The van der Waals surface area contributed by atoms with E-state index in [4.69, 9.17) is 32.7 Å². The van der Waals surface area contributed by atoms with E-state index in [2.05, 4.69) is 0 Å². The van der Waals surface area contributed by atoms with Gasteiger partial charge in [-0.15, -0.1) is 0 Å². The van der Waals surface area contributed by atoms with Gasteiger partial charge in [0.2, 0.25) is 0 Å². The van der Waals surface area contributed by atoms with E-state index in [0.29, 0.717) is 0 Å². The maximum Gasteiger partial charge on any atom is 0.311 e. The Balaban J connectivity index is 1.87. The predicted molar refractivity (Wildman–Crippen MR) is 83.4 cm³/mol. The molecule has 2 aromatic carbocycles. The van der Waals surface area contributed by atoms with Crippen LogP contribution < -0.4 is 9.47 Å². The Morgan fingerprint density at radius 2 is 1.48 bits per heavy atom. The number of carbonyl (C=O) groups is 2. The fourth-order valence-electron chi connectivity index (χ4n) is 1.65. The second-order valence-corrected chi connectivity index (χ2v) is 5.24. The van der Waals surface area contributed by atoms with E-state index in [1.165, 1.54) is 18.2 Å². The zero-order valence-corrected chi connectivity index (χ0v) is 13.2. The average Bonchev–Trinajstić information content (AvgIpc) is 2.51. The molecule has 0 saturated carbocycles. The molecule has 0 aliphatic rings. The molecule has 0 saturated heterocycles. The van der Waals surface area contributed by atoms with Crippen LogP contribution in [-0.4, -0.2) is 11.9 Å². The number of rotatable bonds is 5. The molecule has 7 heteroatoms. The molecule has 2 rings (SSSR count). The molecular formula is C16H11Cl2FO4. The van der Waals surface area contributed by atoms with Gasteiger partial charge in [-0.2, -0.15) is 0 Å². The molecule has 120 valence electrons. The normalized spacial score (nSPS) is 10.2. The molecule has 0 aliphatic carbocycles.